The van der Waals surface area contributed by atoms with Gasteiger partial charge in [-0.05, 0) is 63.1 Å². The summed E-state index contributed by atoms with van der Waals surface area (Å²) in [5.74, 6) is 0.0858. The van der Waals surface area contributed by atoms with Crippen LogP contribution in [0.2, 0.25) is 0 Å². The number of aryl methyl sites for hydroxylation is 2. The summed E-state index contributed by atoms with van der Waals surface area (Å²) in [7, 11) is 0. The quantitative estimate of drug-likeness (QED) is 0.860. The summed E-state index contributed by atoms with van der Waals surface area (Å²) in [5, 5.41) is 6.17. The van der Waals surface area contributed by atoms with Gasteiger partial charge in [-0.3, -0.25) is 9.59 Å². The fraction of sp³-hybridized carbons (Fsp3) is 0.333. The van der Waals surface area contributed by atoms with Gasteiger partial charge in [0.25, 0.3) is 0 Å². The molecule has 2 aromatic rings. The van der Waals surface area contributed by atoms with Crippen molar-refractivity contribution >= 4 is 28.9 Å². The number of hydrogen-bond donors (Lipinski definition) is 2. The van der Waals surface area contributed by atoms with Crippen LogP contribution >= 0.6 is 0 Å². The van der Waals surface area contributed by atoms with Crippen molar-refractivity contribution < 1.29 is 9.59 Å². The number of nitrogens with one attached hydrogen (secondary N) is 2. The molecule has 5 nitrogen and oxygen atoms in total. The molecule has 0 aliphatic carbocycles. The van der Waals surface area contributed by atoms with Crippen LogP contribution in [0.1, 0.15) is 30.9 Å². The van der Waals surface area contributed by atoms with Gasteiger partial charge in [0.15, 0.2) is 0 Å². The van der Waals surface area contributed by atoms with Gasteiger partial charge in [0.05, 0.1) is 0 Å². The van der Waals surface area contributed by atoms with Crippen molar-refractivity contribution in [1.29, 1.82) is 0 Å². The number of anilines is 3. The van der Waals surface area contributed by atoms with Crippen molar-refractivity contribution in [2.75, 3.05) is 22.1 Å². The first-order valence-corrected chi connectivity index (χ1v) is 8.99. The fourth-order valence-corrected chi connectivity index (χ4v) is 3.17. The summed E-state index contributed by atoms with van der Waals surface area (Å²) in [5.41, 5.74) is 4.81. The standard InChI is InChI=1S/C21H25N3O2/c1-14-6-11-19(15(2)13-14)23-21(26)16(3)22-17-7-9-18(10-8-17)24-12-4-5-20(24)25/h6-11,13,16,22H,4-5,12H2,1-3H3,(H,23,26)/t16-/m1/s1. The first kappa shape index (κ1) is 18.0. The van der Waals surface area contributed by atoms with Gasteiger partial charge in [0, 0.05) is 30.0 Å². The molecule has 136 valence electrons. The van der Waals surface area contributed by atoms with Crippen LogP contribution in [0.3, 0.4) is 0 Å². The molecule has 26 heavy (non-hydrogen) atoms. The summed E-state index contributed by atoms with van der Waals surface area (Å²) in [6.07, 6.45) is 1.53. The Bertz CT molecular complexity index is 815. The second-order valence-corrected chi connectivity index (χ2v) is 6.87. The van der Waals surface area contributed by atoms with Gasteiger partial charge in [-0.2, -0.15) is 0 Å². The van der Waals surface area contributed by atoms with Crippen LogP contribution in [0.15, 0.2) is 42.5 Å². The molecule has 3 rings (SSSR count). The molecule has 0 saturated carbocycles. The Kier molecular flexibility index (Phi) is 5.26. The highest BCUT2D eigenvalue weighted by molar-refractivity contribution is 5.97. The van der Waals surface area contributed by atoms with Gasteiger partial charge < -0.3 is 15.5 Å². The summed E-state index contributed by atoms with van der Waals surface area (Å²) in [6, 6.07) is 13.2. The molecule has 1 aliphatic heterocycles. The molecule has 1 fully saturated rings. The van der Waals surface area contributed by atoms with Gasteiger partial charge in [-0.15, -0.1) is 0 Å². The van der Waals surface area contributed by atoms with E-state index in [-0.39, 0.29) is 17.9 Å². The second kappa shape index (κ2) is 7.60. The van der Waals surface area contributed by atoms with Gasteiger partial charge in [0.2, 0.25) is 11.8 Å². The van der Waals surface area contributed by atoms with E-state index in [1.165, 1.54) is 5.56 Å². The van der Waals surface area contributed by atoms with Crippen molar-refractivity contribution in [3.63, 3.8) is 0 Å². The SMILES string of the molecule is Cc1ccc(NC(=O)[C@@H](C)Nc2ccc(N3CCCC3=O)cc2)c(C)c1. The van der Waals surface area contributed by atoms with E-state index in [1.807, 2.05) is 63.2 Å². The zero-order valence-corrected chi connectivity index (χ0v) is 15.5. The summed E-state index contributed by atoms with van der Waals surface area (Å²) in [4.78, 5) is 26.1. The third kappa shape index (κ3) is 4.04. The Labute approximate surface area is 154 Å². The Morgan fingerprint density at radius 3 is 2.46 bits per heavy atom. The minimum Gasteiger partial charge on any atom is -0.374 e. The number of carbonyl (C=O) groups excluding carboxylic acids is 2. The highest BCUT2D eigenvalue weighted by Crippen LogP contribution is 2.23. The molecule has 0 spiro atoms. The maximum Gasteiger partial charge on any atom is 0.246 e. The molecule has 1 aliphatic rings. The van der Waals surface area contributed by atoms with Crippen LogP contribution in [-0.4, -0.2) is 24.4 Å². The molecule has 5 heteroatoms. The van der Waals surface area contributed by atoms with Gasteiger partial charge in [0.1, 0.15) is 6.04 Å². The zero-order chi connectivity index (χ0) is 18.7. The van der Waals surface area contributed by atoms with E-state index in [1.54, 1.807) is 4.90 Å². The molecule has 2 aromatic carbocycles. The predicted octanol–water partition coefficient (Wildman–Crippen LogP) is 3.87. The number of nitrogens with zero attached hydrogens (tertiary/aromatic N) is 1. The number of hydrogen-bond acceptors (Lipinski definition) is 3. The normalized spacial score (nSPS) is 15.0. The molecule has 2 N–H and O–H groups in total. The maximum atomic E-state index is 12.4. The average molecular weight is 351 g/mol. The topological polar surface area (TPSA) is 61.4 Å². The summed E-state index contributed by atoms with van der Waals surface area (Å²) in [6.45, 7) is 6.62. The lowest BCUT2D eigenvalue weighted by molar-refractivity contribution is -0.117. The van der Waals surface area contributed by atoms with E-state index in [0.29, 0.717) is 6.42 Å². The highest BCUT2D eigenvalue weighted by atomic mass is 16.2. The van der Waals surface area contributed by atoms with Crippen molar-refractivity contribution in [2.45, 2.75) is 39.7 Å². The maximum absolute atomic E-state index is 12.4. The first-order chi connectivity index (χ1) is 12.4. The Morgan fingerprint density at radius 1 is 1.12 bits per heavy atom. The smallest absolute Gasteiger partial charge is 0.246 e. The van der Waals surface area contributed by atoms with Crippen molar-refractivity contribution in [1.82, 2.24) is 0 Å². The van der Waals surface area contributed by atoms with E-state index in [4.69, 9.17) is 0 Å². The first-order valence-electron chi connectivity index (χ1n) is 8.99. The lowest BCUT2D eigenvalue weighted by Gasteiger charge is -2.19. The Balaban J connectivity index is 1.61. The zero-order valence-electron chi connectivity index (χ0n) is 15.5. The van der Waals surface area contributed by atoms with E-state index in [0.717, 1.165) is 35.6 Å². The molecule has 2 amide bonds. The van der Waals surface area contributed by atoms with Crippen LogP contribution in [0, 0.1) is 13.8 Å². The molecule has 1 atom stereocenters. The third-order valence-corrected chi connectivity index (χ3v) is 4.67. The van der Waals surface area contributed by atoms with E-state index >= 15 is 0 Å². The Morgan fingerprint density at radius 2 is 1.85 bits per heavy atom. The Hall–Kier alpha value is -2.82. The minimum absolute atomic E-state index is 0.0873. The number of rotatable bonds is 5. The molecular weight excluding hydrogens is 326 g/mol. The molecule has 0 bridgehead atoms. The van der Waals surface area contributed by atoms with Crippen LogP contribution < -0.4 is 15.5 Å². The van der Waals surface area contributed by atoms with Gasteiger partial charge >= 0.3 is 0 Å². The average Bonchev–Trinajstić information content (AvgIpc) is 3.04. The van der Waals surface area contributed by atoms with E-state index < -0.39 is 0 Å². The lowest BCUT2D eigenvalue weighted by Crippen LogP contribution is -2.32. The summed E-state index contributed by atoms with van der Waals surface area (Å²) < 4.78 is 0. The van der Waals surface area contributed by atoms with Crippen LogP contribution in [0.5, 0.6) is 0 Å². The minimum atomic E-state index is -0.380. The number of benzene rings is 2. The number of carbonyl (C=O) groups is 2. The predicted molar refractivity (Wildman–Crippen MR) is 106 cm³/mol. The highest BCUT2D eigenvalue weighted by Gasteiger charge is 2.21. The van der Waals surface area contributed by atoms with Crippen LogP contribution in [0.4, 0.5) is 17.1 Å². The molecular formula is C21H25N3O2. The third-order valence-electron chi connectivity index (χ3n) is 4.67. The van der Waals surface area contributed by atoms with Crippen LogP contribution in [-0.2, 0) is 9.59 Å². The lowest BCUT2D eigenvalue weighted by atomic mass is 10.1. The number of amides is 2. The largest absolute Gasteiger partial charge is 0.374 e. The van der Waals surface area contributed by atoms with Gasteiger partial charge in [-0.25, -0.2) is 0 Å². The molecule has 0 radical (unpaired) electrons. The fourth-order valence-electron chi connectivity index (χ4n) is 3.17. The second-order valence-electron chi connectivity index (χ2n) is 6.87. The van der Waals surface area contributed by atoms with Crippen molar-refractivity contribution in [3.05, 3.63) is 53.6 Å². The molecule has 0 unspecified atom stereocenters. The summed E-state index contributed by atoms with van der Waals surface area (Å²) >= 11 is 0. The monoisotopic (exact) mass is 351 g/mol. The molecule has 1 heterocycles. The molecule has 1 saturated heterocycles. The van der Waals surface area contributed by atoms with Crippen molar-refractivity contribution in [2.24, 2.45) is 0 Å². The molecule has 0 aromatic heterocycles. The van der Waals surface area contributed by atoms with Crippen LogP contribution in [0.25, 0.3) is 0 Å². The van der Waals surface area contributed by atoms with Crippen molar-refractivity contribution in [3.8, 4) is 0 Å². The van der Waals surface area contributed by atoms with Gasteiger partial charge in [-0.1, -0.05) is 17.7 Å². The van der Waals surface area contributed by atoms with E-state index in [9.17, 15) is 9.59 Å². The van der Waals surface area contributed by atoms with E-state index in [2.05, 4.69) is 10.6 Å².